The molecule has 1 heterocycles. The van der Waals surface area contributed by atoms with E-state index in [9.17, 15) is 0 Å². The van der Waals surface area contributed by atoms with Crippen LogP contribution in [0.5, 0.6) is 0 Å². The van der Waals surface area contributed by atoms with E-state index < -0.39 is 0 Å². The zero-order valence-corrected chi connectivity index (χ0v) is 14.2. The van der Waals surface area contributed by atoms with E-state index in [-0.39, 0.29) is 0 Å². The van der Waals surface area contributed by atoms with Crippen molar-refractivity contribution in [2.75, 3.05) is 5.32 Å². The molecule has 112 valence electrons. The van der Waals surface area contributed by atoms with Crippen LogP contribution in [0.4, 0.5) is 5.13 Å². The van der Waals surface area contributed by atoms with Gasteiger partial charge in [0.15, 0.2) is 0 Å². The highest BCUT2D eigenvalue weighted by Gasteiger charge is 2.61. The molecule has 1 aromatic rings. The molecule has 2 bridgehead atoms. The van der Waals surface area contributed by atoms with Crippen molar-refractivity contribution in [3.63, 3.8) is 0 Å². The second-order valence-electron chi connectivity index (χ2n) is 7.91. The lowest BCUT2D eigenvalue weighted by Gasteiger charge is -2.39. The summed E-state index contributed by atoms with van der Waals surface area (Å²) in [7, 11) is 0. The van der Waals surface area contributed by atoms with Crippen molar-refractivity contribution in [1.29, 1.82) is 0 Å². The highest BCUT2D eigenvalue weighted by molar-refractivity contribution is 7.15. The minimum Gasteiger partial charge on any atom is -0.357 e. The minimum absolute atomic E-state index is 0.404. The monoisotopic (exact) mass is 293 g/mol. The van der Waals surface area contributed by atoms with E-state index in [2.05, 4.69) is 50.1 Å². The summed E-state index contributed by atoms with van der Waals surface area (Å²) in [6.07, 6.45) is 5.08. The maximum absolute atomic E-state index is 4.35. The highest BCUT2D eigenvalue weighted by Crippen LogP contribution is 2.65. The third-order valence-corrected chi connectivity index (χ3v) is 7.02. The van der Waals surface area contributed by atoms with Crippen LogP contribution in [0.1, 0.15) is 58.9 Å². The van der Waals surface area contributed by atoms with Crippen LogP contribution in [0, 0.1) is 22.7 Å². The normalized spacial score (nSPS) is 34.9. The van der Waals surface area contributed by atoms with Crippen LogP contribution in [0.15, 0.2) is 0 Å². The Bertz CT molecular complexity index is 494. The van der Waals surface area contributed by atoms with E-state index in [4.69, 9.17) is 0 Å². The number of anilines is 1. The first-order chi connectivity index (χ1) is 9.33. The van der Waals surface area contributed by atoms with Gasteiger partial charge in [0, 0.05) is 12.5 Å². The van der Waals surface area contributed by atoms with Crippen molar-refractivity contribution in [2.45, 2.75) is 66.3 Å². The summed E-state index contributed by atoms with van der Waals surface area (Å²) in [5.41, 5.74) is 0.859. The fraction of sp³-hybridized carbons (Fsp3) is 0.875. The summed E-state index contributed by atoms with van der Waals surface area (Å²) in [5.74, 6) is 1.52. The summed E-state index contributed by atoms with van der Waals surface area (Å²) in [5, 5.41) is 14.6. The third-order valence-electron chi connectivity index (χ3n) is 6.14. The largest absolute Gasteiger partial charge is 0.357 e. The van der Waals surface area contributed by atoms with Gasteiger partial charge in [-0.05, 0) is 41.9 Å². The summed E-state index contributed by atoms with van der Waals surface area (Å²) in [4.78, 5) is 0. The number of nitrogens with one attached hydrogen (secondary N) is 1. The molecule has 0 saturated heterocycles. The van der Waals surface area contributed by atoms with Gasteiger partial charge in [-0.3, -0.25) is 0 Å². The molecule has 4 heteroatoms. The smallest absolute Gasteiger partial charge is 0.205 e. The van der Waals surface area contributed by atoms with Gasteiger partial charge < -0.3 is 5.32 Å². The first-order valence-corrected chi connectivity index (χ1v) is 8.73. The van der Waals surface area contributed by atoms with Gasteiger partial charge in [-0.15, -0.1) is 10.2 Å². The second kappa shape index (κ2) is 4.69. The van der Waals surface area contributed by atoms with E-state index in [0.717, 1.165) is 22.5 Å². The Labute approximate surface area is 126 Å². The second-order valence-corrected chi connectivity index (χ2v) is 8.97. The summed E-state index contributed by atoms with van der Waals surface area (Å²) in [6.45, 7) is 11.8. The fourth-order valence-corrected chi connectivity index (χ4v) is 5.32. The molecule has 3 atom stereocenters. The van der Waals surface area contributed by atoms with Gasteiger partial charge >= 0.3 is 0 Å². The van der Waals surface area contributed by atoms with Crippen molar-refractivity contribution in [3.05, 3.63) is 5.01 Å². The molecule has 1 N–H and O–H groups in total. The van der Waals surface area contributed by atoms with Gasteiger partial charge in [0.25, 0.3) is 0 Å². The van der Waals surface area contributed by atoms with Gasteiger partial charge in [-0.25, -0.2) is 0 Å². The lowest BCUT2D eigenvalue weighted by atomic mass is 9.69. The molecule has 0 spiro atoms. The molecule has 0 radical (unpaired) electrons. The van der Waals surface area contributed by atoms with Crippen molar-refractivity contribution in [2.24, 2.45) is 22.7 Å². The van der Waals surface area contributed by atoms with Crippen LogP contribution in [0.2, 0.25) is 0 Å². The van der Waals surface area contributed by atoms with E-state index in [1.165, 1.54) is 19.3 Å². The Hall–Kier alpha value is -0.640. The van der Waals surface area contributed by atoms with Gasteiger partial charge in [-0.1, -0.05) is 46.0 Å². The van der Waals surface area contributed by atoms with Crippen LogP contribution < -0.4 is 5.32 Å². The average Bonchev–Trinajstić information content (AvgIpc) is 2.91. The Morgan fingerprint density at radius 3 is 2.60 bits per heavy atom. The van der Waals surface area contributed by atoms with Crippen molar-refractivity contribution in [3.8, 4) is 0 Å². The van der Waals surface area contributed by atoms with E-state index in [0.29, 0.717) is 22.8 Å². The Morgan fingerprint density at radius 2 is 2.05 bits per heavy atom. The minimum atomic E-state index is 0.404. The zero-order valence-electron chi connectivity index (χ0n) is 13.4. The molecule has 20 heavy (non-hydrogen) atoms. The number of hydrogen-bond acceptors (Lipinski definition) is 4. The molecular formula is C16H27N3S. The molecule has 0 aromatic carbocycles. The molecule has 2 aliphatic carbocycles. The van der Waals surface area contributed by atoms with Crippen LogP contribution in [-0.4, -0.2) is 16.2 Å². The molecule has 3 nitrogen and oxygen atoms in total. The number of fused-ring (bicyclic) bond motifs is 2. The van der Waals surface area contributed by atoms with E-state index in [1.54, 1.807) is 11.3 Å². The summed E-state index contributed by atoms with van der Waals surface area (Å²) >= 11 is 1.74. The maximum Gasteiger partial charge on any atom is 0.205 e. The quantitative estimate of drug-likeness (QED) is 0.896. The topological polar surface area (TPSA) is 37.8 Å². The molecule has 3 unspecified atom stereocenters. The van der Waals surface area contributed by atoms with Crippen molar-refractivity contribution < 1.29 is 0 Å². The Kier molecular flexibility index (Phi) is 3.35. The molecule has 1 aromatic heterocycles. The Morgan fingerprint density at radius 1 is 1.30 bits per heavy atom. The predicted molar refractivity (Wildman–Crippen MR) is 85.1 cm³/mol. The third kappa shape index (κ3) is 2.07. The molecular weight excluding hydrogens is 266 g/mol. The first-order valence-electron chi connectivity index (χ1n) is 7.92. The van der Waals surface area contributed by atoms with Crippen LogP contribution in [0.3, 0.4) is 0 Å². The molecule has 2 aliphatic rings. The molecule has 0 aliphatic heterocycles. The van der Waals surface area contributed by atoms with Crippen LogP contribution >= 0.6 is 11.3 Å². The number of nitrogens with zero attached hydrogens (tertiary/aromatic N) is 2. The SMILES string of the molecule is CC(C)Cc1nnc(NC2CC3CCC2(C)C3(C)C)s1. The van der Waals surface area contributed by atoms with Crippen molar-refractivity contribution in [1.82, 2.24) is 10.2 Å². The summed E-state index contributed by atoms with van der Waals surface area (Å²) < 4.78 is 0. The fourth-order valence-electron chi connectivity index (χ4n) is 4.31. The first kappa shape index (κ1) is 14.3. The number of rotatable bonds is 4. The predicted octanol–water partition coefficient (Wildman–Crippen LogP) is 4.36. The molecule has 0 amide bonds. The van der Waals surface area contributed by atoms with Gasteiger partial charge in [0.05, 0.1) is 0 Å². The number of hydrogen-bond donors (Lipinski definition) is 1. The highest BCUT2D eigenvalue weighted by atomic mass is 32.1. The van der Waals surface area contributed by atoms with E-state index >= 15 is 0 Å². The summed E-state index contributed by atoms with van der Waals surface area (Å²) in [6, 6.07) is 0.566. The van der Waals surface area contributed by atoms with E-state index in [1.807, 2.05) is 0 Å². The Balaban J connectivity index is 1.72. The molecule has 2 fully saturated rings. The van der Waals surface area contributed by atoms with Gasteiger partial charge in [0.1, 0.15) is 5.01 Å². The number of aromatic nitrogens is 2. The lowest BCUT2D eigenvalue weighted by molar-refractivity contribution is 0.142. The average molecular weight is 293 g/mol. The lowest BCUT2D eigenvalue weighted by Crippen LogP contribution is -2.40. The van der Waals surface area contributed by atoms with Crippen LogP contribution in [0.25, 0.3) is 0 Å². The zero-order chi connectivity index (χ0) is 14.5. The standard InChI is InChI=1S/C16H27N3S/c1-10(2)8-13-18-19-14(20-13)17-12-9-11-6-7-16(12,5)15(11,3)4/h10-12H,6-9H2,1-5H3,(H,17,19). The molecule has 2 saturated carbocycles. The van der Waals surface area contributed by atoms with Crippen LogP contribution in [-0.2, 0) is 6.42 Å². The van der Waals surface area contributed by atoms with Gasteiger partial charge in [0.2, 0.25) is 5.13 Å². The van der Waals surface area contributed by atoms with Crippen molar-refractivity contribution >= 4 is 16.5 Å². The molecule has 3 rings (SSSR count). The van der Waals surface area contributed by atoms with Gasteiger partial charge in [-0.2, -0.15) is 0 Å². The maximum atomic E-state index is 4.35.